The predicted molar refractivity (Wildman–Crippen MR) is 113 cm³/mol. The van der Waals surface area contributed by atoms with Crippen molar-refractivity contribution >= 4 is 33.3 Å². The van der Waals surface area contributed by atoms with Gasteiger partial charge in [0, 0.05) is 17.2 Å². The average molecular weight is 410 g/mol. The molecule has 0 spiro atoms. The average Bonchev–Trinajstić information content (AvgIpc) is 3.10. The molecule has 2 N–H and O–H groups in total. The number of aromatic nitrogens is 2. The molecule has 6 heteroatoms. The van der Waals surface area contributed by atoms with Gasteiger partial charge in [0.25, 0.3) is 0 Å². The van der Waals surface area contributed by atoms with E-state index < -0.39 is 12.0 Å². The Bertz CT molecular complexity index is 1020. The maximum Gasteiger partial charge on any atom is 0.237 e. The first-order valence-corrected chi connectivity index (χ1v) is 11.3. The van der Waals surface area contributed by atoms with Crippen LogP contribution >= 0.6 is 11.3 Å². The van der Waals surface area contributed by atoms with Crippen molar-refractivity contribution in [2.45, 2.75) is 58.4 Å². The van der Waals surface area contributed by atoms with Crippen LogP contribution in [0.1, 0.15) is 54.9 Å². The minimum Gasteiger partial charge on any atom is -0.544 e. The standard InChI is InChI=1S/C23H27N3O2S/c1-3-14(2)20(23(27)28)26-21-19-16-11-7-8-12-17(16)29-22(19)25-18(24-21)13-15-9-5-4-6-10-15/h4-6,9-10,14,20H,3,7-8,11-13H2,1-2H3,(H,27,28)(H,24,25,26)/t14-,20-/m0/s1. The summed E-state index contributed by atoms with van der Waals surface area (Å²) < 4.78 is 0. The maximum absolute atomic E-state index is 11.9. The second kappa shape index (κ2) is 8.59. The van der Waals surface area contributed by atoms with E-state index in [9.17, 15) is 9.90 Å². The fourth-order valence-corrected chi connectivity index (χ4v) is 5.39. The van der Waals surface area contributed by atoms with Gasteiger partial charge in [0.05, 0.1) is 11.4 Å². The molecule has 2 heterocycles. The number of thiophene rings is 1. The number of carbonyl (C=O) groups excluding carboxylic acids is 1. The van der Waals surface area contributed by atoms with Gasteiger partial charge in [-0.2, -0.15) is 4.98 Å². The van der Waals surface area contributed by atoms with Gasteiger partial charge in [-0.1, -0.05) is 44.2 Å². The number of quaternary nitrogens is 1. The smallest absolute Gasteiger partial charge is 0.237 e. The van der Waals surface area contributed by atoms with Crippen molar-refractivity contribution in [2.75, 3.05) is 0 Å². The fraction of sp³-hybridized carbons (Fsp3) is 0.435. The first kappa shape index (κ1) is 20.0. The summed E-state index contributed by atoms with van der Waals surface area (Å²) in [6.45, 7) is 3.97. The number of carboxylic acids is 1. The molecule has 4 rings (SSSR count). The molecule has 2 atom stereocenters. The van der Waals surface area contributed by atoms with Crippen LogP contribution in [0, 0.1) is 5.92 Å². The number of benzene rings is 1. The highest BCUT2D eigenvalue weighted by atomic mass is 32.1. The van der Waals surface area contributed by atoms with Crippen LogP contribution in [-0.2, 0) is 24.1 Å². The van der Waals surface area contributed by atoms with Gasteiger partial charge in [0.15, 0.2) is 0 Å². The summed E-state index contributed by atoms with van der Waals surface area (Å²) in [6.07, 6.45) is 5.90. The van der Waals surface area contributed by atoms with Crippen molar-refractivity contribution < 1.29 is 15.2 Å². The minimum absolute atomic E-state index is 0.00273. The van der Waals surface area contributed by atoms with Crippen LogP contribution < -0.4 is 10.4 Å². The monoisotopic (exact) mass is 409 g/mol. The van der Waals surface area contributed by atoms with Crippen LogP contribution in [0.15, 0.2) is 30.3 Å². The molecule has 1 aliphatic carbocycles. The zero-order valence-corrected chi connectivity index (χ0v) is 17.8. The molecule has 1 aliphatic rings. The van der Waals surface area contributed by atoms with Gasteiger partial charge in [-0.3, -0.25) is 5.32 Å². The van der Waals surface area contributed by atoms with Gasteiger partial charge in [0.2, 0.25) is 5.82 Å². The summed E-state index contributed by atoms with van der Waals surface area (Å²) in [5.74, 6) is 0.487. The molecule has 0 fully saturated rings. The summed E-state index contributed by atoms with van der Waals surface area (Å²) in [7, 11) is 0. The van der Waals surface area contributed by atoms with Gasteiger partial charge in [-0.25, -0.2) is 4.98 Å². The minimum atomic E-state index is -1.03. The lowest BCUT2D eigenvalue weighted by atomic mass is 9.96. The van der Waals surface area contributed by atoms with E-state index in [-0.39, 0.29) is 5.92 Å². The molecule has 1 aromatic carbocycles. The highest BCUT2D eigenvalue weighted by Crippen LogP contribution is 2.37. The van der Waals surface area contributed by atoms with E-state index in [4.69, 9.17) is 9.97 Å². The van der Waals surface area contributed by atoms with Gasteiger partial charge in [0.1, 0.15) is 16.7 Å². The van der Waals surface area contributed by atoms with Crippen LogP contribution in [-0.4, -0.2) is 22.0 Å². The molecule has 3 aromatic rings. The molecule has 152 valence electrons. The SMILES string of the molecule is CC[C@H](C)[C@H]([NH2+]c1nc(Cc2ccccc2)nc2sc3c(c12)CCCC3)C(=O)[O-]. The fourth-order valence-electron chi connectivity index (χ4n) is 4.10. The zero-order chi connectivity index (χ0) is 20.4. The first-order valence-electron chi connectivity index (χ1n) is 10.5. The molecule has 0 aliphatic heterocycles. The molecular formula is C23H27N3O2S. The topological polar surface area (TPSA) is 82.5 Å². The molecule has 5 nitrogen and oxygen atoms in total. The number of rotatable bonds is 7. The van der Waals surface area contributed by atoms with Crippen molar-refractivity contribution in [1.82, 2.24) is 9.97 Å². The van der Waals surface area contributed by atoms with Crippen molar-refractivity contribution in [3.05, 3.63) is 52.2 Å². The number of nitrogens with two attached hydrogens (primary N) is 1. The summed E-state index contributed by atoms with van der Waals surface area (Å²) in [6, 6.07) is 9.51. The molecule has 0 amide bonds. The molecular weight excluding hydrogens is 382 g/mol. The Balaban J connectivity index is 1.80. The van der Waals surface area contributed by atoms with Gasteiger partial charge in [-0.05, 0) is 43.2 Å². The van der Waals surface area contributed by atoms with Crippen LogP contribution in [0.5, 0.6) is 0 Å². The Hall–Kier alpha value is -2.31. The molecule has 29 heavy (non-hydrogen) atoms. The first-order chi connectivity index (χ1) is 14.1. The van der Waals surface area contributed by atoms with Crippen LogP contribution in [0.25, 0.3) is 10.2 Å². The van der Waals surface area contributed by atoms with Crippen LogP contribution in [0.3, 0.4) is 0 Å². The van der Waals surface area contributed by atoms with Crippen LogP contribution in [0.4, 0.5) is 5.82 Å². The van der Waals surface area contributed by atoms with Gasteiger partial charge < -0.3 is 9.90 Å². The normalized spacial score (nSPS) is 15.8. The zero-order valence-electron chi connectivity index (χ0n) is 17.0. The highest BCUT2D eigenvalue weighted by molar-refractivity contribution is 7.18. The number of hydrogen-bond donors (Lipinski definition) is 1. The van der Waals surface area contributed by atoms with E-state index in [1.807, 2.05) is 37.4 Å². The Kier molecular flexibility index (Phi) is 5.92. The Morgan fingerprint density at radius 1 is 1.21 bits per heavy atom. The largest absolute Gasteiger partial charge is 0.544 e. The summed E-state index contributed by atoms with van der Waals surface area (Å²) >= 11 is 1.75. The highest BCUT2D eigenvalue weighted by Gasteiger charge is 2.28. The predicted octanol–water partition coefficient (Wildman–Crippen LogP) is 2.52. The number of fused-ring (bicyclic) bond motifs is 3. The molecule has 2 aromatic heterocycles. The number of nitrogens with zero attached hydrogens (tertiary/aromatic N) is 2. The third-order valence-electron chi connectivity index (χ3n) is 5.96. The number of aryl methyl sites for hydroxylation is 2. The Morgan fingerprint density at radius 3 is 2.69 bits per heavy atom. The van der Waals surface area contributed by atoms with E-state index in [1.54, 1.807) is 11.3 Å². The molecule has 0 saturated heterocycles. The van der Waals surface area contributed by atoms with E-state index in [1.165, 1.54) is 23.3 Å². The second-order valence-electron chi connectivity index (χ2n) is 7.98. The molecule has 0 radical (unpaired) electrons. The lowest BCUT2D eigenvalue weighted by Gasteiger charge is -2.22. The molecule has 0 saturated carbocycles. The maximum atomic E-state index is 11.9. The number of hydrogen-bond acceptors (Lipinski definition) is 5. The third-order valence-corrected chi connectivity index (χ3v) is 7.15. The Labute approximate surface area is 175 Å². The van der Waals surface area contributed by atoms with E-state index in [0.717, 1.165) is 46.7 Å². The van der Waals surface area contributed by atoms with E-state index in [2.05, 4.69) is 12.1 Å². The van der Waals surface area contributed by atoms with Crippen LogP contribution in [0.2, 0.25) is 0 Å². The van der Waals surface area contributed by atoms with E-state index in [0.29, 0.717) is 6.42 Å². The summed E-state index contributed by atoms with van der Waals surface area (Å²) in [4.78, 5) is 24.0. The number of carboxylic acid groups (broad SMARTS) is 1. The molecule has 0 unspecified atom stereocenters. The second-order valence-corrected chi connectivity index (χ2v) is 9.06. The molecule has 0 bridgehead atoms. The van der Waals surface area contributed by atoms with Crippen molar-refractivity contribution in [1.29, 1.82) is 0 Å². The Morgan fingerprint density at radius 2 is 1.97 bits per heavy atom. The third kappa shape index (κ3) is 4.19. The van der Waals surface area contributed by atoms with Crippen molar-refractivity contribution in [3.63, 3.8) is 0 Å². The lowest BCUT2D eigenvalue weighted by Crippen LogP contribution is -2.90. The summed E-state index contributed by atoms with van der Waals surface area (Å²) in [5, 5.41) is 14.7. The van der Waals surface area contributed by atoms with Gasteiger partial charge in [-0.15, -0.1) is 11.3 Å². The van der Waals surface area contributed by atoms with Crippen molar-refractivity contribution in [2.24, 2.45) is 5.92 Å². The number of aliphatic carboxylic acids is 1. The lowest BCUT2D eigenvalue weighted by molar-refractivity contribution is -0.616. The quantitative estimate of drug-likeness (QED) is 0.650. The van der Waals surface area contributed by atoms with E-state index >= 15 is 0 Å². The number of carbonyl (C=O) groups is 1. The van der Waals surface area contributed by atoms with Crippen molar-refractivity contribution in [3.8, 4) is 0 Å². The van der Waals surface area contributed by atoms with Gasteiger partial charge >= 0.3 is 0 Å². The summed E-state index contributed by atoms with van der Waals surface area (Å²) in [5.41, 5.74) is 2.48.